The van der Waals surface area contributed by atoms with Crippen molar-refractivity contribution < 1.29 is 14.1 Å². The predicted molar refractivity (Wildman–Crippen MR) is 93.2 cm³/mol. The molecule has 0 bridgehead atoms. The Morgan fingerprint density at radius 3 is 2.46 bits per heavy atom. The summed E-state index contributed by atoms with van der Waals surface area (Å²) in [7, 11) is 0. The average molecular weight is 330 g/mol. The van der Waals surface area contributed by atoms with Gasteiger partial charge in [0.1, 0.15) is 18.1 Å². The first-order valence-corrected chi connectivity index (χ1v) is 8.50. The Balaban J connectivity index is 1.98. The molecular weight excluding hydrogens is 304 g/mol. The maximum absolute atomic E-state index is 12.5. The van der Waals surface area contributed by atoms with E-state index in [2.05, 4.69) is 12.1 Å². The van der Waals surface area contributed by atoms with Gasteiger partial charge in [-0.05, 0) is 51.5 Å². The molecule has 0 aliphatic rings. The standard InChI is InChI=1S/C19H26N2O3/c1-5-7-12-21(6-2)19(22)16-8-10-17(11-9-16)23-13-18-14(3)20-24-15(18)4/h8-11H,5-7,12-13H2,1-4H3. The molecule has 0 unspecified atom stereocenters. The van der Waals surface area contributed by atoms with Gasteiger partial charge in [0.25, 0.3) is 5.91 Å². The summed E-state index contributed by atoms with van der Waals surface area (Å²) in [5.74, 6) is 1.57. The lowest BCUT2D eigenvalue weighted by Gasteiger charge is -2.20. The Kier molecular flexibility index (Phi) is 6.41. The fourth-order valence-corrected chi connectivity index (χ4v) is 2.49. The van der Waals surface area contributed by atoms with E-state index in [1.165, 1.54) is 0 Å². The van der Waals surface area contributed by atoms with E-state index in [1.807, 2.05) is 49.9 Å². The Labute approximate surface area is 143 Å². The molecule has 1 amide bonds. The number of ether oxygens (including phenoxy) is 1. The van der Waals surface area contributed by atoms with Crippen LogP contribution in [0.2, 0.25) is 0 Å². The minimum atomic E-state index is 0.0724. The molecule has 0 N–H and O–H groups in total. The number of amides is 1. The smallest absolute Gasteiger partial charge is 0.253 e. The molecule has 0 aliphatic carbocycles. The van der Waals surface area contributed by atoms with E-state index in [-0.39, 0.29) is 5.91 Å². The highest BCUT2D eigenvalue weighted by molar-refractivity contribution is 5.94. The fourth-order valence-electron chi connectivity index (χ4n) is 2.49. The molecule has 0 fully saturated rings. The summed E-state index contributed by atoms with van der Waals surface area (Å²) in [4.78, 5) is 14.4. The quantitative estimate of drug-likeness (QED) is 0.730. The highest BCUT2D eigenvalue weighted by Crippen LogP contribution is 2.18. The molecule has 0 saturated heterocycles. The van der Waals surface area contributed by atoms with Crippen LogP contribution in [0.15, 0.2) is 28.8 Å². The number of hydrogen-bond donors (Lipinski definition) is 0. The van der Waals surface area contributed by atoms with Crippen molar-refractivity contribution in [2.24, 2.45) is 0 Å². The van der Waals surface area contributed by atoms with Crippen molar-refractivity contribution in [1.82, 2.24) is 10.1 Å². The first-order valence-electron chi connectivity index (χ1n) is 8.50. The van der Waals surface area contributed by atoms with Crippen molar-refractivity contribution in [3.05, 3.63) is 46.8 Å². The second-order valence-corrected chi connectivity index (χ2v) is 5.85. The Hall–Kier alpha value is -2.30. The van der Waals surface area contributed by atoms with Crippen LogP contribution in [0, 0.1) is 13.8 Å². The minimum Gasteiger partial charge on any atom is -0.489 e. The summed E-state index contributed by atoms with van der Waals surface area (Å²) >= 11 is 0. The molecule has 5 nitrogen and oxygen atoms in total. The lowest BCUT2D eigenvalue weighted by atomic mass is 10.1. The van der Waals surface area contributed by atoms with Crippen LogP contribution in [0.1, 0.15) is 54.1 Å². The summed E-state index contributed by atoms with van der Waals surface area (Å²) < 4.78 is 10.9. The SMILES string of the molecule is CCCCN(CC)C(=O)c1ccc(OCc2c(C)noc2C)cc1. The van der Waals surface area contributed by atoms with Crippen molar-refractivity contribution >= 4 is 5.91 Å². The molecule has 2 rings (SSSR count). The largest absolute Gasteiger partial charge is 0.489 e. The van der Waals surface area contributed by atoms with Crippen LogP contribution >= 0.6 is 0 Å². The molecule has 0 atom stereocenters. The first-order chi connectivity index (χ1) is 11.6. The molecule has 0 spiro atoms. The lowest BCUT2D eigenvalue weighted by Crippen LogP contribution is -2.31. The molecule has 1 aromatic heterocycles. The highest BCUT2D eigenvalue weighted by atomic mass is 16.5. The van der Waals surface area contributed by atoms with E-state index in [4.69, 9.17) is 9.26 Å². The van der Waals surface area contributed by atoms with Gasteiger partial charge >= 0.3 is 0 Å². The number of hydrogen-bond acceptors (Lipinski definition) is 4. The highest BCUT2D eigenvalue weighted by Gasteiger charge is 2.14. The predicted octanol–water partition coefficient (Wildman–Crippen LogP) is 4.13. The van der Waals surface area contributed by atoms with Gasteiger partial charge in [-0.1, -0.05) is 18.5 Å². The van der Waals surface area contributed by atoms with Gasteiger partial charge in [0.2, 0.25) is 0 Å². The molecule has 2 aromatic rings. The number of nitrogens with zero attached hydrogens (tertiary/aromatic N) is 2. The van der Waals surface area contributed by atoms with Crippen LogP contribution in [0.25, 0.3) is 0 Å². The van der Waals surface area contributed by atoms with Gasteiger partial charge in [0.15, 0.2) is 0 Å². The average Bonchev–Trinajstić information content (AvgIpc) is 2.92. The van der Waals surface area contributed by atoms with Gasteiger partial charge < -0.3 is 14.2 Å². The van der Waals surface area contributed by atoms with Gasteiger partial charge in [-0.2, -0.15) is 0 Å². The van der Waals surface area contributed by atoms with Crippen LogP contribution < -0.4 is 4.74 Å². The number of carbonyl (C=O) groups excluding carboxylic acids is 1. The fraction of sp³-hybridized carbons (Fsp3) is 0.474. The summed E-state index contributed by atoms with van der Waals surface area (Å²) in [6.07, 6.45) is 2.11. The van der Waals surface area contributed by atoms with E-state index in [9.17, 15) is 4.79 Å². The van der Waals surface area contributed by atoms with E-state index >= 15 is 0 Å². The van der Waals surface area contributed by atoms with Gasteiger partial charge in [-0.25, -0.2) is 0 Å². The third kappa shape index (κ3) is 4.37. The molecule has 1 aromatic carbocycles. The number of carbonyl (C=O) groups is 1. The zero-order valence-corrected chi connectivity index (χ0v) is 15.0. The number of aryl methyl sites for hydroxylation is 2. The van der Waals surface area contributed by atoms with Crippen molar-refractivity contribution in [3.63, 3.8) is 0 Å². The molecular formula is C19H26N2O3. The van der Waals surface area contributed by atoms with E-state index in [1.54, 1.807) is 0 Å². The molecule has 130 valence electrons. The van der Waals surface area contributed by atoms with Crippen LogP contribution in [0.4, 0.5) is 0 Å². The normalized spacial score (nSPS) is 10.7. The van der Waals surface area contributed by atoms with Crippen molar-refractivity contribution in [2.45, 2.75) is 47.1 Å². The van der Waals surface area contributed by atoms with Crippen LogP contribution in [-0.4, -0.2) is 29.1 Å². The maximum Gasteiger partial charge on any atom is 0.253 e. The Bertz CT molecular complexity index is 642. The Morgan fingerprint density at radius 2 is 1.92 bits per heavy atom. The van der Waals surface area contributed by atoms with Crippen LogP contribution in [-0.2, 0) is 6.61 Å². The van der Waals surface area contributed by atoms with Gasteiger partial charge in [-0.15, -0.1) is 0 Å². The van der Waals surface area contributed by atoms with E-state index in [0.717, 1.165) is 48.7 Å². The van der Waals surface area contributed by atoms with Crippen LogP contribution in [0.5, 0.6) is 5.75 Å². The number of aromatic nitrogens is 1. The second-order valence-electron chi connectivity index (χ2n) is 5.85. The van der Waals surface area contributed by atoms with Gasteiger partial charge in [0.05, 0.1) is 11.3 Å². The minimum absolute atomic E-state index is 0.0724. The summed E-state index contributed by atoms with van der Waals surface area (Å²) in [5, 5.41) is 3.91. The maximum atomic E-state index is 12.5. The molecule has 24 heavy (non-hydrogen) atoms. The first kappa shape index (κ1) is 18.0. The molecule has 0 saturated carbocycles. The molecule has 5 heteroatoms. The topological polar surface area (TPSA) is 55.6 Å². The molecule has 1 heterocycles. The summed E-state index contributed by atoms with van der Waals surface area (Å²) in [6.45, 7) is 9.84. The summed E-state index contributed by atoms with van der Waals surface area (Å²) in [6, 6.07) is 7.30. The van der Waals surface area contributed by atoms with E-state index in [0.29, 0.717) is 12.2 Å². The Morgan fingerprint density at radius 1 is 1.21 bits per heavy atom. The third-order valence-corrected chi connectivity index (χ3v) is 4.12. The molecule has 0 aliphatic heterocycles. The van der Waals surface area contributed by atoms with Crippen molar-refractivity contribution in [1.29, 1.82) is 0 Å². The van der Waals surface area contributed by atoms with Crippen molar-refractivity contribution in [3.8, 4) is 5.75 Å². The zero-order valence-electron chi connectivity index (χ0n) is 15.0. The zero-order chi connectivity index (χ0) is 17.5. The third-order valence-electron chi connectivity index (χ3n) is 4.12. The second kappa shape index (κ2) is 8.52. The monoisotopic (exact) mass is 330 g/mol. The molecule has 0 radical (unpaired) electrons. The van der Waals surface area contributed by atoms with Crippen LogP contribution in [0.3, 0.4) is 0 Å². The number of unbranched alkanes of at least 4 members (excludes halogenated alkanes) is 1. The van der Waals surface area contributed by atoms with Gasteiger partial charge in [-0.3, -0.25) is 4.79 Å². The number of rotatable bonds is 8. The van der Waals surface area contributed by atoms with E-state index < -0.39 is 0 Å². The summed E-state index contributed by atoms with van der Waals surface area (Å²) in [5.41, 5.74) is 2.50. The van der Waals surface area contributed by atoms with Crippen molar-refractivity contribution in [2.75, 3.05) is 13.1 Å². The lowest BCUT2D eigenvalue weighted by molar-refractivity contribution is 0.0762. The van der Waals surface area contributed by atoms with Gasteiger partial charge in [0, 0.05) is 18.7 Å². The number of benzene rings is 1.